The molecule has 112 valence electrons. The summed E-state index contributed by atoms with van der Waals surface area (Å²) in [7, 11) is -2.63. The molecule has 1 aromatic heterocycles. The first-order chi connectivity index (χ1) is 9.94. The predicted molar refractivity (Wildman–Crippen MR) is 72.7 cm³/mol. The summed E-state index contributed by atoms with van der Waals surface area (Å²) in [6.07, 6.45) is 1.43. The van der Waals surface area contributed by atoms with E-state index in [1.54, 1.807) is 12.1 Å². The fourth-order valence-electron chi connectivity index (χ4n) is 1.68. The number of nitrogens with one attached hydrogen (secondary N) is 1. The molecule has 2 aromatic rings. The monoisotopic (exact) mass is 311 g/mol. The smallest absolute Gasteiger partial charge is 0.335 e. The van der Waals surface area contributed by atoms with Crippen LogP contribution in [0.15, 0.2) is 45.9 Å². The normalized spacial score (nSPS) is 11.3. The van der Waals surface area contributed by atoms with Crippen LogP contribution < -0.4 is 9.46 Å². The summed E-state index contributed by atoms with van der Waals surface area (Å²) in [5, 5.41) is 8.95. The van der Waals surface area contributed by atoms with Gasteiger partial charge in [-0.15, -0.1) is 0 Å². The maximum atomic E-state index is 12.3. The summed E-state index contributed by atoms with van der Waals surface area (Å²) in [6.45, 7) is -0.0458. The average molecular weight is 311 g/mol. The maximum absolute atomic E-state index is 12.3. The fraction of sp³-hybridized carbons (Fsp3) is 0.154. The minimum Gasteiger partial charge on any atom is -0.495 e. The third kappa shape index (κ3) is 3.41. The van der Waals surface area contributed by atoms with Crippen molar-refractivity contribution in [1.29, 1.82) is 0 Å². The molecule has 1 aromatic carbocycles. The molecule has 0 saturated heterocycles. The summed E-state index contributed by atoms with van der Waals surface area (Å²) in [5.41, 5.74) is -0.144. The van der Waals surface area contributed by atoms with Gasteiger partial charge in [-0.2, -0.15) is 0 Å². The molecule has 1 heterocycles. The molecule has 2 rings (SSSR count). The quantitative estimate of drug-likeness (QED) is 0.836. The second kappa shape index (κ2) is 5.98. The first-order valence-corrected chi connectivity index (χ1v) is 7.36. The van der Waals surface area contributed by atoms with E-state index in [2.05, 4.69) is 4.72 Å². The number of sulfonamides is 1. The molecule has 0 amide bonds. The number of methoxy groups -OCH3 is 1. The number of benzene rings is 1. The molecule has 8 heteroatoms. The lowest BCUT2D eigenvalue weighted by Gasteiger charge is -2.10. The Hall–Kier alpha value is -2.32. The van der Waals surface area contributed by atoms with E-state index in [1.165, 1.54) is 25.5 Å². The van der Waals surface area contributed by atoms with Crippen molar-refractivity contribution in [2.45, 2.75) is 11.4 Å². The van der Waals surface area contributed by atoms with E-state index in [0.29, 0.717) is 5.76 Å². The minimum absolute atomic E-state index is 0.0458. The van der Waals surface area contributed by atoms with E-state index in [1.807, 2.05) is 0 Å². The number of ether oxygens (including phenoxy) is 1. The molecule has 2 N–H and O–H groups in total. The Labute approximate surface area is 121 Å². The summed E-state index contributed by atoms with van der Waals surface area (Å²) >= 11 is 0. The number of hydrogen-bond donors (Lipinski definition) is 2. The summed E-state index contributed by atoms with van der Waals surface area (Å²) in [6, 6.07) is 6.87. The second-order valence-electron chi connectivity index (χ2n) is 4.07. The average Bonchev–Trinajstić information content (AvgIpc) is 2.98. The van der Waals surface area contributed by atoms with Crippen LogP contribution in [0.5, 0.6) is 5.75 Å². The number of furan rings is 1. The standard InChI is InChI=1S/C13H13NO6S/c1-19-11-5-4-9(13(15)16)7-12(11)21(17,18)14-8-10-3-2-6-20-10/h2-7,14H,8H2,1H3,(H,15,16). The largest absolute Gasteiger partial charge is 0.495 e. The van der Waals surface area contributed by atoms with Gasteiger partial charge < -0.3 is 14.3 Å². The molecule has 0 spiro atoms. The van der Waals surface area contributed by atoms with Crippen LogP contribution in [0.4, 0.5) is 0 Å². The van der Waals surface area contributed by atoms with Gasteiger partial charge in [-0.05, 0) is 30.3 Å². The SMILES string of the molecule is COc1ccc(C(=O)O)cc1S(=O)(=O)NCc1ccco1. The lowest BCUT2D eigenvalue weighted by atomic mass is 10.2. The minimum atomic E-state index is -3.93. The molecule has 7 nitrogen and oxygen atoms in total. The summed E-state index contributed by atoms with van der Waals surface area (Å²) in [5.74, 6) is -0.723. The van der Waals surface area contributed by atoms with Crippen molar-refractivity contribution in [2.24, 2.45) is 0 Å². The highest BCUT2D eigenvalue weighted by molar-refractivity contribution is 7.89. The summed E-state index contributed by atoms with van der Waals surface area (Å²) in [4.78, 5) is 10.7. The molecular weight excluding hydrogens is 298 g/mol. The van der Waals surface area contributed by atoms with Gasteiger partial charge in [0.05, 0.1) is 25.5 Å². The van der Waals surface area contributed by atoms with Crippen molar-refractivity contribution in [3.05, 3.63) is 47.9 Å². The Bertz CT molecular complexity index is 736. The van der Waals surface area contributed by atoms with E-state index in [-0.39, 0.29) is 22.8 Å². The van der Waals surface area contributed by atoms with Gasteiger partial charge in [-0.1, -0.05) is 0 Å². The van der Waals surface area contributed by atoms with Gasteiger partial charge in [0.1, 0.15) is 16.4 Å². The third-order valence-electron chi connectivity index (χ3n) is 2.72. The van der Waals surface area contributed by atoms with Gasteiger partial charge in [0, 0.05) is 0 Å². The number of carboxylic acid groups (broad SMARTS) is 1. The van der Waals surface area contributed by atoms with Crippen LogP contribution in [-0.2, 0) is 16.6 Å². The summed E-state index contributed by atoms with van der Waals surface area (Å²) < 4.78 is 36.8. The maximum Gasteiger partial charge on any atom is 0.335 e. The van der Waals surface area contributed by atoms with Crippen LogP contribution >= 0.6 is 0 Å². The van der Waals surface area contributed by atoms with Crippen LogP contribution in [-0.4, -0.2) is 26.6 Å². The molecule has 0 atom stereocenters. The Morgan fingerprint density at radius 1 is 1.38 bits per heavy atom. The van der Waals surface area contributed by atoms with Gasteiger partial charge in [-0.3, -0.25) is 0 Å². The van der Waals surface area contributed by atoms with Gasteiger partial charge in [0.25, 0.3) is 0 Å². The Balaban J connectivity index is 2.33. The molecule has 0 unspecified atom stereocenters. The molecule has 0 aliphatic rings. The molecule has 21 heavy (non-hydrogen) atoms. The first-order valence-electron chi connectivity index (χ1n) is 5.87. The molecule has 0 saturated carbocycles. The van der Waals surface area contributed by atoms with Crippen molar-refractivity contribution < 1.29 is 27.5 Å². The number of hydrogen-bond acceptors (Lipinski definition) is 5. The molecule has 0 aliphatic carbocycles. The van der Waals surface area contributed by atoms with Gasteiger partial charge >= 0.3 is 5.97 Å². The third-order valence-corrected chi connectivity index (χ3v) is 4.14. The molecule has 0 fully saturated rings. The van der Waals surface area contributed by atoms with Crippen LogP contribution in [0.25, 0.3) is 0 Å². The molecule has 0 radical (unpaired) electrons. The van der Waals surface area contributed by atoms with E-state index < -0.39 is 16.0 Å². The fourth-order valence-corrected chi connectivity index (χ4v) is 2.86. The number of rotatable bonds is 6. The highest BCUT2D eigenvalue weighted by atomic mass is 32.2. The van der Waals surface area contributed by atoms with Crippen molar-refractivity contribution in [1.82, 2.24) is 4.72 Å². The van der Waals surface area contributed by atoms with E-state index in [4.69, 9.17) is 14.3 Å². The lowest BCUT2D eigenvalue weighted by molar-refractivity contribution is 0.0696. The zero-order chi connectivity index (χ0) is 15.5. The van der Waals surface area contributed by atoms with Crippen LogP contribution in [0.2, 0.25) is 0 Å². The van der Waals surface area contributed by atoms with Crippen molar-refractivity contribution >= 4 is 16.0 Å². The van der Waals surface area contributed by atoms with Gasteiger partial charge in [0.15, 0.2) is 0 Å². The predicted octanol–water partition coefficient (Wildman–Crippen LogP) is 1.46. The van der Waals surface area contributed by atoms with E-state index >= 15 is 0 Å². The zero-order valence-corrected chi connectivity index (χ0v) is 11.9. The van der Waals surface area contributed by atoms with Gasteiger partial charge in [0.2, 0.25) is 10.0 Å². The number of aromatic carboxylic acids is 1. The van der Waals surface area contributed by atoms with E-state index in [0.717, 1.165) is 6.07 Å². The first kappa shape index (κ1) is 15.1. The Kier molecular flexibility index (Phi) is 4.29. The van der Waals surface area contributed by atoms with Crippen LogP contribution in [0, 0.1) is 0 Å². The van der Waals surface area contributed by atoms with Crippen molar-refractivity contribution in [3.63, 3.8) is 0 Å². The Morgan fingerprint density at radius 3 is 2.71 bits per heavy atom. The van der Waals surface area contributed by atoms with Crippen molar-refractivity contribution in [2.75, 3.05) is 7.11 Å². The molecular formula is C13H13NO6S. The van der Waals surface area contributed by atoms with Crippen LogP contribution in [0.1, 0.15) is 16.1 Å². The highest BCUT2D eigenvalue weighted by Crippen LogP contribution is 2.25. The molecule has 0 aliphatic heterocycles. The molecule has 0 bridgehead atoms. The van der Waals surface area contributed by atoms with Crippen molar-refractivity contribution in [3.8, 4) is 5.75 Å². The zero-order valence-electron chi connectivity index (χ0n) is 11.1. The number of carbonyl (C=O) groups is 1. The number of carboxylic acids is 1. The van der Waals surface area contributed by atoms with E-state index in [9.17, 15) is 13.2 Å². The Morgan fingerprint density at radius 2 is 2.14 bits per heavy atom. The second-order valence-corrected chi connectivity index (χ2v) is 5.81. The topological polar surface area (TPSA) is 106 Å². The lowest BCUT2D eigenvalue weighted by Crippen LogP contribution is -2.24. The van der Waals surface area contributed by atoms with Gasteiger partial charge in [-0.25, -0.2) is 17.9 Å². The highest BCUT2D eigenvalue weighted by Gasteiger charge is 2.21. The van der Waals surface area contributed by atoms with Crippen LogP contribution in [0.3, 0.4) is 0 Å².